The van der Waals surface area contributed by atoms with E-state index in [4.69, 9.17) is 32.1 Å². The van der Waals surface area contributed by atoms with Gasteiger partial charge in [-0.25, -0.2) is 73.9 Å². The number of carbonyl (C=O) groups excluding carboxylic acids is 3. The summed E-state index contributed by atoms with van der Waals surface area (Å²) in [6, 6.07) is 16.5. The fourth-order valence-electron chi connectivity index (χ4n) is 14.3. The predicted octanol–water partition coefficient (Wildman–Crippen LogP) is 12.9. The molecule has 0 aliphatic heterocycles. The molecule has 117 heavy (non-hydrogen) atoms. The van der Waals surface area contributed by atoms with Crippen molar-refractivity contribution in [2.75, 3.05) is 17.3 Å². The van der Waals surface area contributed by atoms with Crippen LogP contribution in [0.1, 0.15) is 186 Å². The van der Waals surface area contributed by atoms with Gasteiger partial charge in [0, 0.05) is 107 Å². The fourth-order valence-corrected chi connectivity index (χ4v) is 18.4. The van der Waals surface area contributed by atoms with E-state index in [0.29, 0.717) is 73.0 Å². The SMILES string of the molecule is C.C.CC(C)(C)OC(=O)NC1CC(n2cnc3cnc4[nH]ccc4c32)C1.CCCS(=O)(=O)CC1CC(n2cnc3cnc4[nH]ccc4c32)C1.CCCS(=O)(=O)Cl.Cc1ccc(S(=O)(=O)n2ccc3c4c(cnc32)ncn4C2CC(CC(=O)OC(C)(C)C)C2)cc1.NC1CC(n2cnc3cnc4[nH]ccc4c32)C1.O=CC(F)(F)F.[2H]CC.[Na+].[OH-]. The number of nitrogens with zero attached hydrogens (tertiary/aromatic N) is 13. The summed E-state index contributed by atoms with van der Waals surface area (Å²) in [5.41, 5.74) is 16.6. The Morgan fingerprint density at radius 1 is 0.598 bits per heavy atom. The van der Waals surface area contributed by atoms with Crippen LogP contribution in [0.5, 0.6) is 0 Å². The van der Waals surface area contributed by atoms with Crippen molar-refractivity contribution in [2.24, 2.45) is 17.6 Å². The average Bonchev–Trinajstić information content (AvgIpc) is 1.51. The monoisotopic (exact) mass is 1710 g/mol. The maximum Gasteiger partial charge on any atom is 1.00 e. The molecule has 0 spiro atoms. The van der Waals surface area contributed by atoms with E-state index in [-0.39, 0.29) is 96.5 Å². The number of fused-ring (bicyclic) bond motifs is 12. The molecule has 1 aromatic carbocycles. The molecule has 0 saturated heterocycles. The van der Waals surface area contributed by atoms with Crippen LogP contribution in [-0.2, 0) is 48.0 Å². The topological polar surface area (TPSA) is 415 Å². The number of ether oxygens (including phenoxy) is 2. The molecular weight excluding hydrogens is 1600 g/mol. The van der Waals surface area contributed by atoms with Gasteiger partial charge in [0.05, 0.1) is 88.6 Å². The molecule has 4 fully saturated rings. The second-order valence-corrected chi connectivity index (χ2v) is 37.5. The number of nitrogens with two attached hydrogens (primary N) is 1. The molecule has 4 aliphatic rings. The van der Waals surface area contributed by atoms with Crippen molar-refractivity contribution in [3.8, 4) is 0 Å². The second kappa shape index (κ2) is 39.3. The molecule has 12 heterocycles. The minimum absolute atomic E-state index is 0. The molecule has 17 rings (SSSR count). The number of hydrogen-bond acceptors (Lipinski definition) is 21. The van der Waals surface area contributed by atoms with Gasteiger partial charge in [0.2, 0.25) is 15.3 Å². The van der Waals surface area contributed by atoms with Crippen molar-refractivity contribution in [3.05, 3.63) is 129 Å². The third-order valence-corrected chi connectivity index (χ3v) is 24.6. The molecule has 4 aliphatic carbocycles. The third kappa shape index (κ3) is 23.2. The molecular formula is C79H105ClF3N18NaO12S3. The molecule has 13 aromatic rings. The van der Waals surface area contributed by atoms with Crippen molar-refractivity contribution in [1.82, 2.24) is 82.4 Å². The number of aromatic amines is 3. The van der Waals surface area contributed by atoms with Gasteiger partial charge in [-0.1, -0.05) is 60.2 Å². The number of pyridine rings is 4. The van der Waals surface area contributed by atoms with Crippen LogP contribution in [0.15, 0.2) is 128 Å². The van der Waals surface area contributed by atoms with Crippen LogP contribution < -0.4 is 40.6 Å². The van der Waals surface area contributed by atoms with E-state index in [0.717, 1.165) is 129 Å². The van der Waals surface area contributed by atoms with Gasteiger partial charge in [0.1, 0.15) is 50.2 Å². The van der Waals surface area contributed by atoms with E-state index < -0.39 is 52.6 Å². The van der Waals surface area contributed by atoms with E-state index in [1.54, 1.807) is 75.3 Å². The van der Waals surface area contributed by atoms with E-state index in [2.05, 4.69) is 84.5 Å². The number of aromatic nitrogens is 16. The van der Waals surface area contributed by atoms with Gasteiger partial charge in [-0.05, 0) is 161 Å². The molecule has 630 valence electrons. The summed E-state index contributed by atoms with van der Waals surface area (Å²) in [5, 5.41) is 6.96. The Kier molecular flexibility index (Phi) is 31.5. The van der Waals surface area contributed by atoms with Gasteiger partial charge < -0.3 is 59.2 Å². The van der Waals surface area contributed by atoms with E-state index >= 15 is 0 Å². The van der Waals surface area contributed by atoms with Gasteiger partial charge in [-0.15, -0.1) is 0 Å². The molecule has 0 radical (unpaired) electrons. The van der Waals surface area contributed by atoms with Gasteiger partial charge in [-0.2, -0.15) is 13.2 Å². The minimum Gasteiger partial charge on any atom is -0.870 e. The second-order valence-electron chi connectivity index (χ2n) is 30.6. The average molecular weight is 1710 g/mol. The number of esters is 1. The van der Waals surface area contributed by atoms with Crippen molar-refractivity contribution in [3.63, 3.8) is 0 Å². The first-order valence-electron chi connectivity index (χ1n) is 38.0. The summed E-state index contributed by atoms with van der Waals surface area (Å²) >= 11 is 0. The van der Waals surface area contributed by atoms with E-state index in [9.17, 15) is 48.0 Å². The number of benzene rings is 1. The van der Waals surface area contributed by atoms with E-state index in [1.807, 2.05) is 111 Å². The number of amides is 1. The molecule has 1 amide bonds. The van der Waals surface area contributed by atoms with Gasteiger partial charge in [0.15, 0.2) is 15.5 Å². The maximum absolute atomic E-state index is 13.3. The number of carbonyl (C=O) groups is 3. The summed E-state index contributed by atoms with van der Waals surface area (Å²) in [4.78, 5) is 77.7. The fraction of sp³-hybridized carbons (Fsp3) is 0.481. The Hall–Kier alpha value is -8.88. The number of aldehydes is 1. The Balaban J connectivity index is 0.000000206. The normalized spacial score (nSPS) is 19.0. The number of alkyl carbamates (subject to hydrolysis) is 1. The Morgan fingerprint density at radius 2 is 0.983 bits per heavy atom. The first kappa shape index (κ1) is 93.6. The first-order valence-corrected chi connectivity index (χ1v) is 43.0. The number of hydrogen-bond donors (Lipinski definition) is 5. The van der Waals surface area contributed by atoms with Crippen LogP contribution in [0.3, 0.4) is 0 Å². The van der Waals surface area contributed by atoms with Crippen molar-refractivity contribution in [1.29, 1.82) is 0 Å². The van der Waals surface area contributed by atoms with Crippen LogP contribution in [0.25, 0.3) is 88.3 Å². The van der Waals surface area contributed by atoms with Crippen LogP contribution >= 0.6 is 10.7 Å². The number of H-pyrrole nitrogens is 3. The Morgan fingerprint density at radius 3 is 1.36 bits per heavy atom. The molecule has 0 unspecified atom stereocenters. The van der Waals surface area contributed by atoms with Gasteiger partial charge >= 0.3 is 47.8 Å². The summed E-state index contributed by atoms with van der Waals surface area (Å²) < 4.78 is 129. The number of imidazole rings is 4. The van der Waals surface area contributed by atoms with Gasteiger partial charge in [0.25, 0.3) is 10.0 Å². The van der Waals surface area contributed by atoms with Crippen molar-refractivity contribution >= 4 is 146 Å². The summed E-state index contributed by atoms with van der Waals surface area (Å²) in [6.07, 6.45) is 24.7. The number of halogens is 4. The number of rotatable bonds is 15. The molecule has 38 heteroatoms. The van der Waals surface area contributed by atoms with Crippen LogP contribution in [0.2, 0.25) is 0 Å². The maximum atomic E-state index is 13.3. The number of sulfone groups is 1. The zero-order chi connectivity index (χ0) is 82.4. The van der Waals surface area contributed by atoms with E-state index in [1.165, 1.54) is 9.49 Å². The smallest absolute Gasteiger partial charge is 0.870 e. The van der Waals surface area contributed by atoms with Crippen LogP contribution in [0.4, 0.5) is 18.0 Å². The van der Waals surface area contributed by atoms with Crippen molar-refractivity contribution < 1.29 is 98.7 Å². The molecule has 7 N–H and O–H groups in total. The molecule has 30 nitrogen and oxygen atoms in total. The number of aryl methyl sites for hydroxylation is 1. The Bertz CT molecular complexity index is 5890. The summed E-state index contributed by atoms with van der Waals surface area (Å²) in [6.45, 7) is 19.1. The largest absolute Gasteiger partial charge is 1.00 e. The molecule has 12 aromatic heterocycles. The first-order chi connectivity index (χ1) is 53.9. The third-order valence-electron chi connectivity index (χ3n) is 19.6. The molecule has 0 atom stereocenters. The zero-order valence-corrected chi connectivity index (χ0v) is 71.1. The number of alkyl halides is 3. The molecule has 0 bridgehead atoms. The summed E-state index contributed by atoms with van der Waals surface area (Å²) in [7, 11) is -5.07. The standard InChI is InChI=1S/C25H28N4O4S.C17H21N5O2.C16H20N4O2S.C12H13N5.C3H7ClO2S.C2HF3O.C2H6.2CH4.Na.H2O/c1-16-5-7-19(8-6-16)34(31,32)29-10-9-20-23-21(14-26-24(20)29)27-15-28(23)18-11-17(12-18)13-22(30)33-25(2,3)4;1-17(2,3)24-16(23)21-10-6-11(7-10)22-9-20-13-8-19-15-12(14(13)22)4-5-18-15;1-2-5-23(21,22)9-11-6-12(7-11)20-10-19-14-8-18-16-13(15(14)20)3-4-17-16;13-7-3-8(4-7)17-6-16-10-5-15-12-9(11(10)17)1-2-14-12;1-2-3-7(4,5)6;3-2(4,5)1-6;1-2;;;;/h5-10,14-15,17-18H,11-13H2,1-4H3;4-5,8-11H,6-7H2,1-3H3,(H,18,19)(H,21,23);3-4,8,10-12H,2,5-7,9H2,1H3,(H,17,18);1-2,5-8H,3-4,13H2,(H,14,15);2-3H2,1H3;1H;1-2H3;2*1H4;;1H2/q;;;;;;;;;+1;/p-1/i;;;;;;1D;;;;. The molecule has 4 saturated carbocycles. The van der Waals surface area contributed by atoms with Crippen LogP contribution in [0, 0.1) is 18.8 Å². The van der Waals surface area contributed by atoms with Gasteiger partial charge in [-0.3, -0.25) is 9.59 Å². The summed E-state index contributed by atoms with van der Waals surface area (Å²) in [5.74, 6) is 1.08. The minimum atomic E-state index is -4.64. The van der Waals surface area contributed by atoms with Crippen molar-refractivity contribution in [2.45, 2.75) is 220 Å². The van der Waals surface area contributed by atoms with Crippen LogP contribution in [-0.4, -0.2) is 173 Å². The number of nitrogens with one attached hydrogen (secondary N) is 4. The zero-order valence-electron chi connectivity index (χ0n) is 66.9. The predicted molar refractivity (Wildman–Crippen MR) is 444 cm³/mol. The Labute approximate surface area is 706 Å². The quantitative estimate of drug-likeness (QED) is 0.0275.